The molecule has 0 aliphatic carbocycles. The van der Waals surface area contributed by atoms with Crippen molar-refractivity contribution in [3.8, 4) is 0 Å². The van der Waals surface area contributed by atoms with Gasteiger partial charge in [-0.1, -0.05) is 18.2 Å². The summed E-state index contributed by atoms with van der Waals surface area (Å²) in [6.45, 7) is 2.46. The van der Waals surface area contributed by atoms with Gasteiger partial charge in [-0.3, -0.25) is 9.36 Å². The number of hydrogen-bond donors (Lipinski definition) is 1. The largest absolute Gasteiger partial charge is 0.341 e. The number of nitrogens with zero attached hydrogens (tertiary/aromatic N) is 4. The van der Waals surface area contributed by atoms with Gasteiger partial charge in [0.05, 0.1) is 6.54 Å². The standard InChI is InChI=1S/C23H27N5O3/c29-21(20-9-5-13-27(20)22(30)24-17-6-2-1-3-7-17)25-14-10-18(11-15-25)28-16-19-8-4-12-26(19)23(28)31/h1-4,6-8,12,18,20H,5,9-11,13-16H2,(H,24,30). The van der Waals surface area contributed by atoms with Gasteiger partial charge in [0.2, 0.25) is 5.91 Å². The molecule has 31 heavy (non-hydrogen) atoms. The van der Waals surface area contributed by atoms with E-state index in [1.165, 1.54) is 0 Å². The van der Waals surface area contributed by atoms with E-state index in [-0.39, 0.29) is 24.0 Å². The number of fused-ring (bicyclic) bond motifs is 1. The number of anilines is 1. The molecule has 0 saturated carbocycles. The number of benzene rings is 1. The summed E-state index contributed by atoms with van der Waals surface area (Å²) in [5.41, 5.74) is 1.75. The molecular weight excluding hydrogens is 394 g/mol. The Morgan fingerprint density at radius 3 is 2.45 bits per heavy atom. The molecule has 8 nitrogen and oxygen atoms in total. The predicted molar refractivity (Wildman–Crippen MR) is 116 cm³/mol. The number of piperidine rings is 1. The maximum atomic E-state index is 13.2. The Hall–Kier alpha value is -3.29. The molecule has 2 aromatic rings. The van der Waals surface area contributed by atoms with Gasteiger partial charge in [0, 0.05) is 43.3 Å². The van der Waals surface area contributed by atoms with Gasteiger partial charge < -0.3 is 20.0 Å². The Labute approximate surface area is 181 Å². The molecule has 4 heterocycles. The fourth-order valence-electron chi connectivity index (χ4n) is 4.99. The van der Waals surface area contributed by atoms with E-state index in [9.17, 15) is 14.4 Å². The van der Waals surface area contributed by atoms with E-state index in [4.69, 9.17) is 0 Å². The van der Waals surface area contributed by atoms with Gasteiger partial charge >= 0.3 is 12.1 Å². The van der Waals surface area contributed by atoms with E-state index in [2.05, 4.69) is 5.32 Å². The highest BCUT2D eigenvalue weighted by molar-refractivity contribution is 5.94. The minimum Gasteiger partial charge on any atom is -0.341 e. The van der Waals surface area contributed by atoms with E-state index in [1.807, 2.05) is 58.5 Å². The van der Waals surface area contributed by atoms with Crippen LogP contribution in [0.2, 0.25) is 0 Å². The maximum Gasteiger partial charge on any atom is 0.329 e. The van der Waals surface area contributed by atoms with Crippen LogP contribution in [-0.4, -0.2) is 69.0 Å². The topological polar surface area (TPSA) is 77.9 Å². The van der Waals surface area contributed by atoms with Gasteiger partial charge in [0.25, 0.3) is 0 Å². The van der Waals surface area contributed by atoms with Crippen molar-refractivity contribution in [3.05, 3.63) is 54.4 Å². The van der Waals surface area contributed by atoms with Crippen LogP contribution >= 0.6 is 0 Å². The Morgan fingerprint density at radius 2 is 1.71 bits per heavy atom. The smallest absolute Gasteiger partial charge is 0.329 e. The van der Waals surface area contributed by atoms with Crippen LogP contribution in [0.25, 0.3) is 0 Å². The van der Waals surface area contributed by atoms with Crippen molar-refractivity contribution in [2.24, 2.45) is 0 Å². The predicted octanol–water partition coefficient (Wildman–Crippen LogP) is 2.96. The second kappa shape index (κ2) is 8.09. The van der Waals surface area contributed by atoms with Crippen LogP contribution in [0.3, 0.4) is 0 Å². The highest BCUT2D eigenvalue weighted by atomic mass is 16.2. The van der Waals surface area contributed by atoms with Crippen LogP contribution in [0.4, 0.5) is 15.3 Å². The monoisotopic (exact) mass is 421 g/mol. The summed E-state index contributed by atoms with van der Waals surface area (Å²) in [6.07, 6.45) is 4.87. The fourth-order valence-corrected chi connectivity index (χ4v) is 4.99. The number of likely N-dealkylation sites (tertiary alicyclic amines) is 2. The summed E-state index contributed by atoms with van der Waals surface area (Å²) in [7, 11) is 0. The molecule has 0 bridgehead atoms. The van der Waals surface area contributed by atoms with Gasteiger partial charge in [-0.05, 0) is 49.9 Å². The van der Waals surface area contributed by atoms with Crippen LogP contribution in [0.15, 0.2) is 48.7 Å². The van der Waals surface area contributed by atoms with E-state index in [0.29, 0.717) is 32.6 Å². The third-order valence-corrected chi connectivity index (χ3v) is 6.66. The maximum absolute atomic E-state index is 13.2. The number of hydrogen-bond acceptors (Lipinski definition) is 3. The molecule has 5 rings (SSSR count). The van der Waals surface area contributed by atoms with Crippen LogP contribution in [0, 0.1) is 0 Å². The number of nitrogens with one attached hydrogen (secondary N) is 1. The van der Waals surface area contributed by atoms with Crippen molar-refractivity contribution in [1.82, 2.24) is 19.3 Å². The van der Waals surface area contributed by atoms with Gasteiger partial charge in [0.1, 0.15) is 6.04 Å². The Morgan fingerprint density at radius 1 is 0.935 bits per heavy atom. The minimum atomic E-state index is -0.408. The Bertz CT molecular complexity index is 980. The highest BCUT2D eigenvalue weighted by Crippen LogP contribution is 2.27. The van der Waals surface area contributed by atoms with Crippen molar-refractivity contribution < 1.29 is 14.4 Å². The lowest BCUT2D eigenvalue weighted by Gasteiger charge is -2.38. The molecule has 162 valence electrons. The first-order valence-electron chi connectivity index (χ1n) is 11.0. The van der Waals surface area contributed by atoms with Crippen molar-refractivity contribution in [1.29, 1.82) is 0 Å². The number of amides is 4. The number of carbonyl (C=O) groups is 3. The first kappa shape index (κ1) is 19.7. The summed E-state index contributed by atoms with van der Waals surface area (Å²) in [5, 5.41) is 2.90. The zero-order chi connectivity index (χ0) is 21.4. The first-order chi connectivity index (χ1) is 15.1. The Kier molecular flexibility index (Phi) is 5.13. The lowest BCUT2D eigenvalue weighted by atomic mass is 10.0. The number of para-hydroxylation sites is 1. The number of rotatable bonds is 3. The Balaban J connectivity index is 1.18. The summed E-state index contributed by atoms with van der Waals surface area (Å²) in [4.78, 5) is 44.0. The second-order valence-corrected chi connectivity index (χ2v) is 8.48. The molecule has 1 aromatic carbocycles. The SMILES string of the molecule is O=C(C1CCCN1C(=O)Nc1ccccc1)N1CCC(N2Cc3cccn3C2=O)CC1. The molecule has 8 heteroatoms. The number of carbonyl (C=O) groups excluding carboxylic acids is 3. The van der Waals surface area contributed by atoms with Gasteiger partial charge in [-0.25, -0.2) is 9.59 Å². The summed E-state index contributed by atoms with van der Waals surface area (Å²) in [6, 6.07) is 12.7. The summed E-state index contributed by atoms with van der Waals surface area (Å²) >= 11 is 0. The molecule has 0 radical (unpaired) electrons. The van der Waals surface area contributed by atoms with Gasteiger partial charge in [-0.15, -0.1) is 0 Å². The molecule has 1 aromatic heterocycles. The van der Waals surface area contributed by atoms with Crippen molar-refractivity contribution in [2.45, 2.75) is 44.3 Å². The zero-order valence-corrected chi connectivity index (χ0v) is 17.4. The van der Waals surface area contributed by atoms with Crippen molar-refractivity contribution in [3.63, 3.8) is 0 Å². The second-order valence-electron chi connectivity index (χ2n) is 8.48. The van der Waals surface area contributed by atoms with E-state index in [1.54, 1.807) is 9.47 Å². The van der Waals surface area contributed by atoms with Crippen LogP contribution < -0.4 is 5.32 Å². The van der Waals surface area contributed by atoms with Crippen molar-refractivity contribution in [2.75, 3.05) is 25.0 Å². The molecule has 1 unspecified atom stereocenters. The lowest BCUT2D eigenvalue weighted by Crippen LogP contribution is -2.53. The van der Waals surface area contributed by atoms with Crippen molar-refractivity contribution >= 4 is 23.7 Å². The van der Waals surface area contributed by atoms with Crippen LogP contribution in [0.5, 0.6) is 0 Å². The molecular formula is C23H27N5O3. The third-order valence-electron chi connectivity index (χ3n) is 6.66. The van der Waals surface area contributed by atoms with Crippen LogP contribution in [0.1, 0.15) is 31.4 Å². The summed E-state index contributed by atoms with van der Waals surface area (Å²) < 4.78 is 1.71. The number of urea groups is 1. The fraction of sp³-hybridized carbons (Fsp3) is 0.435. The van der Waals surface area contributed by atoms with E-state index in [0.717, 1.165) is 30.6 Å². The average Bonchev–Trinajstić information content (AvgIpc) is 3.52. The van der Waals surface area contributed by atoms with E-state index >= 15 is 0 Å². The molecule has 0 spiro atoms. The molecule has 4 amide bonds. The zero-order valence-electron chi connectivity index (χ0n) is 17.4. The van der Waals surface area contributed by atoms with Gasteiger partial charge in [0.15, 0.2) is 0 Å². The average molecular weight is 422 g/mol. The highest BCUT2D eigenvalue weighted by Gasteiger charge is 2.39. The molecule has 2 fully saturated rings. The van der Waals surface area contributed by atoms with E-state index < -0.39 is 6.04 Å². The molecule has 2 saturated heterocycles. The number of aromatic nitrogens is 1. The quantitative estimate of drug-likeness (QED) is 0.828. The first-order valence-corrected chi connectivity index (χ1v) is 11.0. The molecule has 3 aliphatic heterocycles. The molecule has 3 aliphatic rings. The van der Waals surface area contributed by atoms with Crippen LogP contribution in [-0.2, 0) is 11.3 Å². The third kappa shape index (κ3) is 3.66. The van der Waals surface area contributed by atoms with Gasteiger partial charge in [-0.2, -0.15) is 0 Å². The molecule has 1 atom stereocenters. The normalized spacial score (nSPS) is 21.5. The molecule has 1 N–H and O–H groups in total. The lowest BCUT2D eigenvalue weighted by molar-refractivity contribution is -0.136. The minimum absolute atomic E-state index is 0.0261. The summed E-state index contributed by atoms with van der Waals surface area (Å²) in [5.74, 6) is 0.0261.